The zero-order valence-corrected chi connectivity index (χ0v) is 8.57. The van der Waals surface area contributed by atoms with Gasteiger partial charge in [-0.3, -0.25) is 0 Å². The lowest BCUT2D eigenvalue weighted by Crippen LogP contribution is -2.01. The van der Waals surface area contributed by atoms with E-state index < -0.39 is 5.51 Å². The third-order valence-electron chi connectivity index (χ3n) is 0.937. The number of alkyl halides is 3. The van der Waals surface area contributed by atoms with Crippen LogP contribution >= 0.6 is 34.4 Å². The first-order valence-electron chi connectivity index (χ1n) is 2.85. The molecule has 66 valence electrons. The standard InChI is InChI=1S/C6H3F3INS/c7-6(8,9)12-5-4(10)2-1-3-11-5/h1-3H. The number of thioether (sulfide) groups is 1. The van der Waals surface area contributed by atoms with E-state index in [1.54, 1.807) is 12.1 Å². The Morgan fingerprint density at radius 3 is 2.58 bits per heavy atom. The summed E-state index contributed by atoms with van der Waals surface area (Å²) in [4.78, 5) is 3.60. The minimum Gasteiger partial charge on any atom is -0.249 e. The van der Waals surface area contributed by atoms with Gasteiger partial charge in [0.05, 0.1) is 0 Å². The van der Waals surface area contributed by atoms with Crippen molar-refractivity contribution in [3.8, 4) is 0 Å². The van der Waals surface area contributed by atoms with Crippen LogP contribution in [-0.2, 0) is 0 Å². The molecule has 0 aliphatic heterocycles. The largest absolute Gasteiger partial charge is 0.447 e. The second-order valence-corrected chi connectivity index (χ2v) is 4.05. The van der Waals surface area contributed by atoms with Gasteiger partial charge in [-0.25, -0.2) is 4.98 Å². The molecule has 0 fully saturated rings. The Morgan fingerprint density at radius 1 is 1.42 bits per heavy atom. The topological polar surface area (TPSA) is 12.9 Å². The van der Waals surface area contributed by atoms with Crippen molar-refractivity contribution in [2.45, 2.75) is 10.5 Å². The summed E-state index contributed by atoms with van der Waals surface area (Å²) in [5.74, 6) is 0. The molecular formula is C6H3F3INS. The summed E-state index contributed by atoms with van der Waals surface area (Å²) in [7, 11) is 0. The number of halogens is 4. The lowest BCUT2D eigenvalue weighted by Gasteiger charge is -2.05. The lowest BCUT2D eigenvalue weighted by atomic mass is 10.5. The van der Waals surface area contributed by atoms with Crippen LogP contribution in [0.2, 0.25) is 0 Å². The van der Waals surface area contributed by atoms with Crippen LogP contribution in [0.25, 0.3) is 0 Å². The number of aromatic nitrogens is 1. The molecule has 0 spiro atoms. The Kier molecular flexibility index (Phi) is 3.22. The molecule has 0 aliphatic rings. The Balaban J connectivity index is 2.83. The minimum atomic E-state index is -4.26. The van der Waals surface area contributed by atoms with E-state index in [-0.39, 0.29) is 16.8 Å². The van der Waals surface area contributed by atoms with Gasteiger partial charge in [0, 0.05) is 21.5 Å². The Bertz CT molecular complexity index is 276. The molecule has 0 saturated heterocycles. The van der Waals surface area contributed by atoms with E-state index in [2.05, 4.69) is 4.98 Å². The molecule has 12 heavy (non-hydrogen) atoms. The van der Waals surface area contributed by atoms with Crippen LogP contribution < -0.4 is 0 Å². The molecule has 0 amide bonds. The van der Waals surface area contributed by atoms with Gasteiger partial charge >= 0.3 is 5.51 Å². The average molecular weight is 305 g/mol. The Labute approximate surface area is 84.9 Å². The highest BCUT2D eigenvalue weighted by molar-refractivity contribution is 14.1. The molecule has 6 heteroatoms. The average Bonchev–Trinajstić information content (AvgIpc) is 1.91. The summed E-state index contributed by atoms with van der Waals surface area (Å²) in [5.41, 5.74) is -4.26. The third-order valence-corrected chi connectivity index (χ3v) is 2.92. The molecule has 0 saturated carbocycles. The predicted octanol–water partition coefficient (Wildman–Crippen LogP) is 3.30. The molecule has 0 N–H and O–H groups in total. The highest BCUT2D eigenvalue weighted by Gasteiger charge is 2.30. The van der Waals surface area contributed by atoms with Crippen LogP contribution in [0.1, 0.15) is 0 Å². The maximum Gasteiger partial charge on any atom is 0.447 e. The SMILES string of the molecule is FC(F)(F)Sc1ncccc1I. The van der Waals surface area contributed by atoms with Gasteiger partial charge in [-0.05, 0) is 34.7 Å². The summed E-state index contributed by atoms with van der Waals surface area (Å²) in [5, 5.41) is 0.00519. The molecule has 1 nitrogen and oxygen atoms in total. The van der Waals surface area contributed by atoms with Crippen molar-refractivity contribution in [2.75, 3.05) is 0 Å². The van der Waals surface area contributed by atoms with Gasteiger partial charge in [-0.1, -0.05) is 0 Å². The van der Waals surface area contributed by atoms with Gasteiger partial charge in [-0.2, -0.15) is 13.2 Å². The quantitative estimate of drug-likeness (QED) is 0.583. The van der Waals surface area contributed by atoms with Gasteiger partial charge in [0.15, 0.2) is 0 Å². The fourth-order valence-electron chi connectivity index (χ4n) is 0.556. The van der Waals surface area contributed by atoms with Crippen LogP contribution in [0.4, 0.5) is 13.2 Å². The predicted molar refractivity (Wildman–Crippen MR) is 48.9 cm³/mol. The molecular weight excluding hydrogens is 302 g/mol. The van der Waals surface area contributed by atoms with E-state index in [4.69, 9.17) is 0 Å². The molecule has 0 bridgehead atoms. The van der Waals surface area contributed by atoms with Crippen LogP contribution in [0.15, 0.2) is 23.4 Å². The summed E-state index contributed by atoms with van der Waals surface area (Å²) >= 11 is 1.63. The van der Waals surface area contributed by atoms with Crippen molar-refractivity contribution in [2.24, 2.45) is 0 Å². The van der Waals surface area contributed by atoms with Gasteiger partial charge in [0.1, 0.15) is 5.03 Å². The lowest BCUT2D eigenvalue weighted by molar-refractivity contribution is -0.0329. The number of nitrogens with zero attached hydrogens (tertiary/aromatic N) is 1. The summed E-state index contributed by atoms with van der Waals surface area (Å²) < 4.78 is 36.0. The summed E-state index contributed by atoms with van der Waals surface area (Å²) in [6, 6.07) is 3.18. The van der Waals surface area contributed by atoms with Crippen molar-refractivity contribution >= 4 is 34.4 Å². The van der Waals surface area contributed by atoms with Gasteiger partial charge in [0.25, 0.3) is 0 Å². The molecule has 0 aliphatic carbocycles. The van der Waals surface area contributed by atoms with Crippen molar-refractivity contribution in [1.82, 2.24) is 4.98 Å². The molecule has 0 aromatic carbocycles. The van der Waals surface area contributed by atoms with Crippen molar-refractivity contribution in [3.63, 3.8) is 0 Å². The van der Waals surface area contributed by atoms with Crippen LogP contribution in [0.3, 0.4) is 0 Å². The van der Waals surface area contributed by atoms with E-state index in [0.717, 1.165) is 0 Å². The van der Waals surface area contributed by atoms with Crippen molar-refractivity contribution in [1.29, 1.82) is 0 Å². The zero-order chi connectivity index (χ0) is 9.19. The zero-order valence-electron chi connectivity index (χ0n) is 5.60. The first-order valence-corrected chi connectivity index (χ1v) is 4.75. The number of hydrogen-bond donors (Lipinski definition) is 0. The Morgan fingerprint density at radius 2 is 2.08 bits per heavy atom. The summed E-state index contributed by atoms with van der Waals surface area (Å²) in [6.45, 7) is 0. The normalized spacial score (nSPS) is 11.7. The smallest absolute Gasteiger partial charge is 0.249 e. The molecule has 1 heterocycles. The van der Waals surface area contributed by atoms with Crippen LogP contribution in [-0.4, -0.2) is 10.5 Å². The van der Waals surface area contributed by atoms with E-state index in [1.807, 2.05) is 22.6 Å². The Hall–Kier alpha value is 0.0200. The summed E-state index contributed by atoms with van der Waals surface area (Å²) in [6.07, 6.45) is 1.34. The number of pyridine rings is 1. The van der Waals surface area contributed by atoms with Crippen molar-refractivity contribution < 1.29 is 13.2 Å². The maximum absolute atomic E-state index is 11.8. The molecule has 1 aromatic heterocycles. The molecule has 1 rings (SSSR count). The van der Waals surface area contributed by atoms with Gasteiger partial charge in [0.2, 0.25) is 0 Å². The van der Waals surface area contributed by atoms with E-state index >= 15 is 0 Å². The fourth-order valence-corrected chi connectivity index (χ4v) is 1.73. The molecule has 0 unspecified atom stereocenters. The minimum absolute atomic E-state index is 0.00519. The second-order valence-electron chi connectivity index (χ2n) is 1.84. The van der Waals surface area contributed by atoms with Gasteiger partial charge < -0.3 is 0 Å². The van der Waals surface area contributed by atoms with Gasteiger partial charge in [-0.15, -0.1) is 0 Å². The first kappa shape index (κ1) is 10.1. The van der Waals surface area contributed by atoms with Crippen LogP contribution in [0, 0.1) is 3.57 Å². The van der Waals surface area contributed by atoms with Crippen LogP contribution in [0.5, 0.6) is 0 Å². The monoisotopic (exact) mass is 305 g/mol. The number of hydrogen-bond acceptors (Lipinski definition) is 2. The van der Waals surface area contributed by atoms with E-state index in [9.17, 15) is 13.2 Å². The molecule has 1 aromatic rings. The van der Waals surface area contributed by atoms with Crippen molar-refractivity contribution in [3.05, 3.63) is 21.9 Å². The van der Waals surface area contributed by atoms with E-state index in [1.165, 1.54) is 6.20 Å². The van der Waals surface area contributed by atoms with E-state index in [0.29, 0.717) is 3.57 Å². The highest BCUT2D eigenvalue weighted by Crippen LogP contribution is 2.37. The fraction of sp³-hybridized carbons (Fsp3) is 0.167. The first-order chi connectivity index (χ1) is 5.49. The molecule has 0 radical (unpaired) electrons. The third kappa shape index (κ3) is 3.18. The second kappa shape index (κ2) is 3.82. The number of rotatable bonds is 1. The molecule has 0 atom stereocenters. The highest BCUT2D eigenvalue weighted by atomic mass is 127. The maximum atomic E-state index is 11.8.